The van der Waals surface area contributed by atoms with Crippen LogP contribution in [-0.4, -0.2) is 23.7 Å². The Balaban J connectivity index is 2.17. The van der Waals surface area contributed by atoms with E-state index in [4.69, 9.17) is 5.11 Å². The topological polar surface area (TPSA) is 49.3 Å². The van der Waals surface area contributed by atoms with Gasteiger partial charge in [-0.05, 0) is 24.3 Å². The van der Waals surface area contributed by atoms with Crippen LogP contribution < -0.4 is 5.32 Å². The number of nitrogens with one attached hydrogen (secondary N) is 1. The third-order valence-electron chi connectivity index (χ3n) is 2.93. The lowest BCUT2D eigenvalue weighted by Crippen LogP contribution is -2.38. The predicted molar refractivity (Wildman–Crippen MR) is 35.6 cm³/mol. The zero-order chi connectivity index (χ0) is 7.35. The maximum Gasteiger partial charge on any atom is 0.321 e. The number of carbonyl (C=O) groups is 1. The van der Waals surface area contributed by atoms with Crippen LogP contribution in [0.15, 0.2) is 0 Å². The van der Waals surface area contributed by atoms with E-state index in [0.29, 0.717) is 5.92 Å². The molecular weight excluding hydrogens is 130 g/mol. The fraction of sp³-hybridized carbons (Fsp3) is 0.857. The molecule has 2 aliphatic rings. The summed E-state index contributed by atoms with van der Waals surface area (Å²) in [5, 5.41) is 11.7. The Labute approximate surface area is 59.4 Å². The summed E-state index contributed by atoms with van der Waals surface area (Å²) in [6.45, 7) is 2.95. The number of carboxylic acid groups (broad SMARTS) is 1. The third-order valence-corrected chi connectivity index (χ3v) is 2.93. The zero-order valence-corrected chi connectivity index (χ0v) is 5.92. The van der Waals surface area contributed by atoms with Crippen molar-refractivity contribution in [1.82, 2.24) is 5.32 Å². The van der Waals surface area contributed by atoms with Gasteiger partial charge in [0.1, 0.15) is 6.04 Å². The highest BCUT2D eigenvalue weighted by Crippen LogP contribution is 2.57. The van der Waals surface area contributed by atoms with Crippen LogP contribution in [0.1, 0.15) is 13.3 Å². The number of hydrogen-bond donors (Lipinski definition) is 2. The number of piperidine rings is 1. The van der Waals surface area contributed by atoms with Gasteiger partial charge in [-0.2, -0.15) is 0 Å². The maximum atomic E-state index is 10.6. The molecule has 1 aliphatic carbocycles. The van der Waals surface area contributed by atoms with Gasteiger partial charge >= 0.3 is 5.97 Å². The van der Waals surface area contributed by atoms with E-state index in [9.17, 15) is 4.79 Å². The number of rotatable bonds is 1. The molecular formula is C7H11NO2. The van der Waals surface area contributed by atoms with E-state index in [1.54, 1.807) is 0 Å². The van der Waals surface area contributed by atoms with Crippen molar-refractivity contribution in [3.63, 3.8) is 0 Å². The summed E-state index contributed by atoms with van der Waals surface area (Å²) in [6, 6.07) is -0.280. The molecule has 1 aliphatic heterocycles. The Bertz CT molecular complexity index is 190. The molecule has 3 atom stereocenters. The molecule has 0 amide bonds. The maximum absolute atomic E-state index is 10.6. The van der Waals surface area contributed by atoms with Crippen molar-refractivity contribution in [2.24, 2.45) is 11.3 Å². The number of hydrogen-bond acceptors (Lipinski definition) is 2. The Morgan fingerprint density at radius 1 is 1.80 bits per heavy atom. The number of aliphatic carboxylic acids is 1. The number of fused-ring (bicyclic) bond motifs is 1. The Kier molecular flexibility index (Phi) is 0.944. The van der Waals surface area contributed by atoms with Crippen LogP contribution in [-0.2, 0) is 4.79 Å². The minimum Gasteiger partial charge on any atom is -0.480 e. The Hall–Kier alpha value is -0.570. The van der Waals surface area contributed by atoms with Crippen LogP contribution in [0, 0.1) is 11.3 Å². The first-order chi connectivity index (χ1) is 4.64. The first-order valence-corrected chi connectivity index (χ1v) is 3.61. The second-order valence-electron chi connectivity index (χ2n) is 3.59. The van der Waals surface area contributed by atoms with E-state index >= 15 is 0 Å². The molecule has 0 radical (unpaired) electrons. The molecule has 2 fully saturated rings. The van der Waals surface area contributed by atoms with Crippen molar-refractivity contribution < 1.29 is 9.90 Å². The van der Waals surface area contributed by atoms with Gasteiger partial charge in [0.05, 0.1) is 0 Å². The SMILES string of the molecule is C[C@@]12C[C@H]1CNC2C(=O)O. The molecule has 0 aromatic heterocycles. The van der Waals surface area contributed by atoms with Crippen molar-refractivity contribution in [1.29, 1.82) is 0 Å². The highest BCUT2D eigenvalue weighted by Gasteiger charge is 2.61. The van der Waals surface area contributed by atoms with Gasteiger partial charge in [0, 0.05) is 0 Å². The lowest BCUT2D eigenvalue weighted by atomic mass is 10.00. The fourth-order valence-corrected chi connectivity index (χ4v) is 1.99. The molecule has 0 bridgehead atoms. The molecule has 10 heavy (non-hydrogen) atoms. The molecule has 1 saturated carbocycles. The molecule has 0 aromatic rings. The van der Waals surface area contributed by atoms with Crippen LogP contribution >= 0.6 is 0 Å². The molecule has 1 saturated heterocycles. The van der Waals surface area contributed by atoms with Crippen LogP contribution in [0.2, 0.25) is 0 Å². The normalized spacial score (nSPS) is 50.5. The van der Waals surface area contributed by atoms with Gasteiger partial charge in [-0.1, -0.05) is 6.92 Å². The molecule has 3 nitrogen and oxygen atoms in total. The fourth-order valence-electron chi connectivity index (χ4n) is 1.99. The van der Waals surface area contributed by atoms with Gasteiger partial charge in [0.15, 0.2) is 0 Å². The van der Waals surface area contributed by atoms with Gasteiger partial charge in [-0.15, -0.1) is 0 Å². The zero-order valence-electron chi connectivity index (χ0n) is 5.92. The van der Waals surface area contributed by atoms with E-state index in [-0.39, 0.29) is 11.5 Å². The smallest absolute Gasteiger partial charge is 0.321 e. The standard InChI is InChI=1S/C7H11NO2/c1-7-2-4(7)3-8-5(7)6(9)10/h4-5,8H,2-3H2,1H3,(H,9,10)/t4-,5?,7+/m0/s1. The van der Waals surface area contributed by atoms with E-state index in [0.717, 1.165) is 13.0 Å². The van der Waals surface area contributed by atoms with Crippen molar-refractivity contribution in [2.75, 3.05) is 6.54 Å². The molecule has 1 heterocycles. The highest BCUT2D eigenvalue weighted by molar-refractivity contribution is 5.76. The van der Waals surface area contributed by atoms with Gasteiger partial charge < -0.3 is 10.4 Å². The summed E-state index contributed by atoms with van der Waals surface area (Å²) in [7, 11) is 0. The summed E-state index contributed by atoms with van der Waals surface area (Å²) in [6.07, 6.45) is 1.09. The average Bonchev–Trinajstić information content (AvgIpc) is 2.35. The quantitative estimate of drug-likeness (QED) is 0.543. The minimum absolute atomic E-state index is 0.0891. The number of carboxylic acids is 1. The minimum atomic E-state index is -0.692. The van der Waals surface area contributed by atoms with Crippen molar-refractivity contribution >= 4 is 5.97 Å². The lowest BCUT2D eigenvalue weighted by Gasteiger charge is -2.13. The molecule has 3 heteroatoms. The van der Waals surface area contributed by atoms with Crippen molar-refractivity contribution in [3.8, 4) is 0 Å². The summed E-state index contributed by atoms with van der Waals surface area (Å²) in [5.74, 6) is -0.0592. The first kappa shape index (κ1) is 6.16. The van der Waals surface area contributed by atoms with Crippen LogP contribution in [0.3, 0.4) is 0 Å². The average molecular weight is 141 g/mol. The molecule has 0 spiro atoms. The van der Waals surface area contributed by atoms with Gasteiger partial charge in [-0.3, -0.25) is 4.79 Å². The molecule has 56 valence electrons. The second-order valence-corrected chi connectivity index (χ2v) is 3.59. The Morgan fingerprint density at radius 3 is 2.70 bits per heavy atom. The van der Waals surface area contributed by atoms with Gasteiger partial charge in [0.2, 0.25) is 0 Å². The highest BCUT2D eigenvalue weighted by atomic mass is 16.4. The van der Waals surface area contributed by atoms with Gasteiger partial charge in [0.25, 0.3) is 0 Å². The summed E-state index contributed by atoms with van der Waals surface area (Å²) in [4.78, 5) is 10.6. The van der Waals surface area contributed by atoms with E-state index in [1.807, 2.05) is 0 Å². The lowest BCUT2D eigenvalue weighted by molar-refractivity contribution is -0.140. The summed E-state index contributed by atoms with van der Waals surface area (Å²) >= 11 is 0. The molecule has 2 N–H and O–H groups in total. The summed E-state index contributed by atoms with van der Waals surface area (Å²) in [5.41, 5.74) is 0.0891. The van der Waals surface area contributed by atoms with E-state index < -0.39 is 5.97 Å². The monoisotopic (exact) mass is 141 g/mol. The van der Waals surface area contributed by atoms with Crippen molar-refractivity contribution in [3.05, 3.63) is 0 Å². The largest absolute Gasteiger partial charge is 0.480 e. The van der Waals surface area contributed by atoms with Crippen molar-refractivity contribution in [2.45, 2.75) is 19.4 Å². The van der Waals surface area contributed by atoms with Gasteiger partial charge in [-0.25, -0.2) is 0 Å². The molecule has 1 unspecified atom stereocenters. The van der Waals surface area contributed by atoms with E-state index in [1.165, 1.54) is 0 Å². The first-order valence-electron chi connectivity index (χ1n) is 3.61. The molecule has 2 rings (SSSR count). The second kappa shape index (κ2) is 1.53. The van der Waals surface area contributed by atoms with E-state index in [2.05, 4.69) is 12.2 Å². The van der Waals surface area contributed by atoms with Crippen LogP contribution in [0.25, 0.3) is 0 Å². The summed E-state index contributed by atoms with van der Waals surface area (Å²) < 4.78 is 0. The Morgan fingerprint density at radius 2 is 2.50 bits per heavy atom. The molecule has 0 aromatic carbocycles. The van der Waals surface area contributed by atoms with Crippen LogP contribution in [0.4, 0.5) is 0 Å². The third kappa shape index (κ3) is 0.560. The predicted octanol–water partition coefficient (Wildman–Crippen LogP) is 0.0690. The van der Waals surface area contributed by atoms with Crippen LogP contribution in [0.5, 0.6) is 0 Å².